The normalized spacial score (nSPS) is 10.7. The Kier molecular flexibility index (Phi) is 12.1. The van der Waals surface area contributed by atoms with Crippen molar-refractivity contribution >= 4 is 6.41 Å². The van der Waals surface area contributed by atoms with Crippen LogP contribution in [0.25, 0.3) is 0 Å². The molecule has 4 aromatic rings. The molecule has 0 fully saturated rings. The highest BCUT2D eigenvalue weighted by atomic mass is 19.1. The van der Waals surface area contributed by atoms with Gasteiger partial charge in [0.1, 0.15) is 5.82 Å². The maximum Gasteiger partial charge on any atom is 0.204 e. The van der Waals surface area contributed by atoms with Gasteiger partial charge in [0, 0.05) is 31.1 Å². The number of ether oxygens (including phenoxy) is 1. The highest BCUT2D eigenvalue weighted by Gasteiger charge is 2.19. The molecule has 6 heteroatoms. The molecule has 0 bridgehead atoms. The lowest BCUT2D eigenvalue weighted by molar-refractivity contribution is -0.106. The summed E-state index contributed by atoms with van der Waals surface area (Å²) >= 11 is 0. The summed E-state index contributed by atoms with van der Waals surface area (Å²) in [5.74, 6) is -0.114. The predicted molar refractivity (Wildman–Crippen MR) is 153 cm³/mol. The Bertz CT molecular complexity index is 1230. The van der Waals surface area contributed by atoms with Crippen LogP contribution in [0.4, 0.5) is 8.78 Å². The lowest BCUT2D eigenvalue weighted by Crippen LogP contribution is -2.31. The molecular formula is C33H36F2N2O2. The number of aryl methyl sites for hydroxylation is 1. The Morgan fingerprint density at radius 3 is 2.00 bits per heavy atom. The highest BCUT2D eigenvalue weighted by Crippen LogP contribution is 2.27. The van der Waals surface area contributed by atoms with Gasteiger partial charge in [-0.25, -0.2) is 8.78 Å². The molecule has 1 amide bonds. The van der Waals surface area contributed by atoms with Crippen LogP contribution in [0.2, 0.25) is 0 Å². The monoisotopic (exact) mass is 530 g/mol. The highest BCUT2D eigenvalue weighted by molar-refractivity contribution is 5.42. The second-order valence-corrected chi connectivity index (χ2v) is 9.16. The minimum atomic E-state index is -0.328. The Hall–Kier alpha value is -4.03. The Morgan fingerprint density at radius 1 is 0.846 bits per heavy atom. The fraction of sp³-hybridized carbons (Fsp3) is 0.242. The van der Waals surface area contributed by atoms with E-state index in [1.165, 1.54) is 23.3 Å². The molecule has 4 aromatic carbocycles. The van der Waals surface area contributed by atoms with E-state index in [1.54, 1.807) is 12.1 Å². The molecule has 0 unspecified atom stereocenters. The molecule has 2 N–H and O–H groups in total. The maximum absolute atomic E-state index is 14.6. The minimum Gasteiger partial charge on any atom is -0.490 e. The van der Waals surface area contributed by atoms with Gasteiger partial charge in [-0.3, -0.25) is 9.69 Å². The van der Waals surface area contributed by atoms with E-state index >= 15 is 0 Å². The third-order valence-corrected chi connectivity index (χ3v) is 6.48. The van der Waals surface area contributed by atoms with Crippen LogP contribution in [0.1, 0.15) is 41.5 Å². The zero-order valence-electron chi connectivity index (χ0n) is 22.3. The van der Waals surface area contributed by atoms with Crippen LogP contribution in [-0.2, 0) is 17.8 Å². The van der Waals surface area contributed by atoms with Crippen molar-refractivity contribution < 1.29 is 18.3 Å². The van der Waals surface area contributed by atoms with Crippen LogP contribution < -0.4 is 10.5 Å². The Balaban J connectivity index is 0.00000134. The summed E-state index contributed by atoms with van der Waals surface area (Å²) in [6, 6.07) is 32.9. The van der Waals surface area contributed by atoms with Crippen LogP contribution in [0.3, 0.4) is 0 Å². The van der Waals surface area contributed by atoms with Crippen molar-refractivity contribution in [3.8, 4) is 5.75 Å². The van der Waals surface area contributed by atoms with Crippen molar-refractivity contribution in [1.29, 1.82) is 0 Å². The second-order valence-electron chi connectivity index (χ2n) is 9.16. The summed E-state index contributed by atoms with van der Waals surface area (Å²) in [4.78, 5) is 10.9. The van der Waals surface area contributed by atoms with Gasteiger partial charge in [-0.1, -0.05) is 91.9 Å². The standard InChI is InChI=1S/C32H33F2NO.CH3NO/c1-2-25-18-19-32(31(34)22-25)36-21-11-20-35(23-28-16-9-10-17-30(28)33)24-29(26-12-5-3-6-13-26)27-14-7-4-8-15-27;2-1-3/h3-10,12-19,22,29H,2,11,20-21,23-24H2,1H3;1H,(H2,2,3). The minimum absolute atomic E-state index is 0.138. The van der Waals surface area contributed by atoms with Crippen LogP contribution in [0.15, 0.2) is 103 Å². The third-order valence-electron chi connectivity index (χ3n) is 6.48. The van der Waals surface area contributed by atoms with E-state index in [4.69, 9.17) is 9.53 Å². The summed E-state index contributed by atoms with van der Waals surface area (Å²) in [7, 11) is 0. The van der Waals surface area contributed by atoms with Gasteiger partial charge < -0.3 is 10.5 Å². The topological polar surface area (TPSA) is 55.6 Å². The Labute approximate surface area is 230 Å². The van der Waals surface area contributed by atoms with Crippen molar-refractivity contribution in [3.63, 3.8) is 0 Å². The smallest absolute Gasteiger partial charge is 0.204 e. The largest absolute Gasteiger partial charge is 0.490 e. The average Bonchev–Trinajstić information content (AvgIpc) is 2.97. The Morgan fingerprint density at radius 2 is 1.44 bits per heavy atom. The lowest BCUT2D eigenvalue weighted by Gasteiger charge is -2.28. The molecule has 0 radical (unpaired) electrons. The van der Waals surface area contributed by atoms with Gasteiger partial charge >= 0.3 is 0 Å². The van der Waals surface area contributed by atoms with Gasteiger partial charge in [-0.2, -0.15) is 0 Å². The summed E-state index contributed by atoms with van der Waals surface area (Å²) in [5.41, 5.74) is 8.22. The fourth-order valence-electron chi connectivity index (χ4n) is 4.49. The number of hydrogen-bond donors (Lipinski definition) is 1. The number of carbonyl (C=O) groups is 1. The van der Waals surface area contributed by atoms with Crippen LogP contribution in [0, 0.1) is 11.6 Å². The summed E-state index contributed by atoms with van der Waals surface area (Å²) in [6.07, 6.45) is 1.73. The molecule has 0 spiro atoms. The number of rotatable bonds is 12. The van der Waals surface area contributed by atoms with Gasteiger partial charge in [0.05, 0.1) is 6.61 Å². The molecule has 0 aliphatic carbocycles. The van der Waals surface area contributed by atoms with Gasteiger partial charge in [-0.05, 0) is 47.7 Å². The first-order valence-electron chi connectivity index (χ1n) is 13.2. The number of hydrogen-bond acceptors (Lipinski definition) is 3. The van der Waals surface area contributed by atoms with Gasteiger partial charge in [0.2, 0.25) is 6.41 Å². The van der Waals surface area contributed by atoms with Gasteiger partial charge in [0.15, 0.2) is 11.6 Å². The number of halogens is 2. The molecule has 0 aliphatic heterocycles. The molecule has 0 heterocycles. The van der Waals surface area contributed by atoms with Gasteiger partial charge in [-0.15, -0.1) is 0 Å². The molecule has 204 valence electrons. The summed E-state index contributed by atoms with van der Waals surface area (Å²) in [5, 5.41) is 0. The van der Waals surface area contributed by atoms with E-state index in [0.717, 1.165) is 18.5 Å². The fourth-order valence-corrected chi connectivity index (χ4v) is 4.49. The van der Waals surface area contributed by atoms with E-state index in [0.29, 0.717) is 31.7 Å². The van der Waals surface area contributed by atoms with Crippen molar-refractivity contribution in [3.05, 3.63) is 137 Å². The van der Waals surface area contributed by atoms with Gasteiger partial charge in [0.25, 0.3) is 0 Å². The molecule has 0 aromatic heterocycles. The van der Waals surface area contributed by atoms with E-state index in [9.17, 15) is 8.78 Å². The predicted octanol–water partition coefficient (Wildman–Crippen LogP) is 6.73. The number of carbonyl (C=O) groups excluding carboxylic acids is 1. The van der Waals surface area contributed by atoms with Crippen molar-refractivity contribution in [2.24, 2.45) is 5.73 Å². The zero-order valence-corrected chi connectivity index (χ0v) is 22.3. The number of nitrogens with zero attached hydrogens (tertiary/aromatic N) is 1. The zero-order chi connectivity index (χ0) is 27.9. The average molecular weight is 531 g/mol. The number of benzene rings is 4. The molecule has 0 atom stereocenters. The first-order chi connectivity index (χ1) is 19.0. The molecule has 4 nitrogen and oxygen atoms in total. The number of amides is 1. The quantitative estimate of drug-likeness (QED) is 0.163. The van der Waals surface area contributed by atoms with Crippen LogP contribution in [-0.4, -0.2) is 31.0 Å². The van der Waals surface area contributed by atoms with E-state index in [1.807, 2.05) is 37.3 Å². The van der Waals surface area contributed by atoms with E-state index < -0.39 is 0 Å². The lowest BCUT2D eigenvalue weighted by atomic mass is 9.90. The summed E-state index contributed by atoms with van der Waals surface area (Å²) in [6.45, 7) is 4.29. The summed E-state index contributed by atoms with van der Waals surface area (Å²) < 4.78 is 34.6. The first-order valence-corrected chi connectivity index (χ1v) is 13.2. The van der Waals surface area contributed by atoms with Crippen LogP contribution in [0.5, 0.6) is 5.75 Å². The van der Waals surface area contributed by atoms with Crippen LogP contribution >= 0.6 is 0 Å². The molecule has 0 aliphatic rings. The molecular weight excluding hydrogens is 494 g/mol. The first kappa shape index (κ1) is 29.5. The number of primary amides is 1. The van der Waals surface area contributed by atoms with Crippen molar-refractivity contribution in [1.82, 2.24) is 4.90 Å². The molecule has 39 heavy (non-hydrogen) atoms. The van der Waals surface area contributed by atoms with Crippen molar-refractivity contribution in [2.45, 2.75) is 32.2 Å². The number of nitrogens with two attached hydrogens (primary N) is 1. The molecule has 4 rings (SSSR count). The van der Waals surface area contributed by atoms with E-state index in [2.05, 4.69) is 59.2 Å². The van der Waals surface area contributed by atoms with E-state index in [-0.39, 0.29) is 29.7 Å². The second kappa shape index (κ2) is 16.0. The SMILES string of the molecule is CCc1ccc(OCCCN(Cc2ccccc2F)CC(c2ccccc2)c2ccccc2)c(F)c1.NC=O. The van der Waals surface area contributed by atoms with Crippen molar-refractivity contribution in [2.75, 3.05) is 19.7 Å². The molecule has 0 saturated carbocycles. The third kappa shape index (κ3) is 9.34. The molecule has 0 saturated heterocycles. The maximum atomic E-state index is 14.6.